The second-order valence-electron chi connectivity index (χ2n) is 5.78. The third-order valence-electron chi connectivity index (χ3n) is 4.23. The van der Waals surface area contributed by atoms with E-state index in [0.717, 1.165) is 38.4 Å². The Hall–Kier alpha value is -1.35. The first-order chi connectivity index (χ1) is 9.75. The zero-order valence-electron chi connectivity index (χ0n) is 12.5. The number of likely N-dealkylation sites (N-methyl/N-ethyl adjacent to an activating group) is 1. The van der Waals surface area contributed by atoms with Crippen molar-refractivity contribution in [2.24, 2.45) is 5.92 Å². The highest BCUT2D eigenvalue weighted by Crippen LogP contribution is 2.18. The lowest BCUT2D eigenvalue weighted by atomic mass is 9.93. The summed E-state index contributed by atoms with van der Waals surface area (Å²) in [6.07, 6.45) is 5.14. The van der Waals surface area contributed by atoms with Crippen LogP contribution in [0.25, 0.3) is 0 Å². The first kappa shape index (κ1) is 15.0. The molecular weight excluding hydrogens is 248 g/mol. The molecule has 0 radical (unpaired) electrons. The Morgan fingerprint density at radius 2 is 1.95 bits per heavy atom. The molecule has 0 aliphatic carbocycles. The van der Waals surface area contributed by atoms with Gasteiger partial charge in [-0.25, -0.2) is 0 Å². The van der Waals surface area contributed by atoms with E-state index in [-0.39, 0.29) is 0 Å². The number of benzene rings is 1. The SMILES string of the molecule is CN(CCc1ccccc1)C(=O)CCC1CCNCC1. The lowest BCUT2D eigenvalue weighted by Crippen LogP contribution is -2.31. The first-order valence-electron chi connectivity index (χ1n) is 7.74. The number of carbonyl (C=O) groups is 1. The topological polar surface area (TPSA) is 32.3 Å². The molecule has 20 heavy (non-hydrogen) atoms. The third-order valence-corrected chi connectivity index (χ3v) is 4.23. The van der Waals surface area contributed by atoms with E-state index in [1.54, 1.807) is 0 Å². The molecule has 1 aliphatic heterocycles. The molecule has 0 atom stereocenters. The molecule has 1 aromatic carbocycles. The van der Waals surface area contributed by atoms with Crippen molar-refractivity contribution in [3.8, 4) is 0 Å². The summed E-state index contributed by atoms with van der Waals surface area (Å²) in [5, 5.41) is 3.37. The van der Waals surface area contributed by atoms with Crippen molar-refractivity contribution in [2.45, 2.75) is 32.1 Å². The van der Waals surface area contributed by atoms with Crippen LogP contribution >= 0.6 is 0 Å². The fourth-order valence-corrected chi connectivity index (χ4v) is 2.76. The Morgan fingerprint density at radius 3 is 2.65 bits per heavy atom. The molecule has 1 amide bonds. The molecule has 110 valence electrons. The number of amides is 1. The Kier molecular flexibility index (Phi) is 6.06. The summed E-state index contributed by atoms with van der Waals surface area (Å²) < 4.78 is 0. The van der Waals surface area contributed by atoms with E-state index in [2.05, 4.69) is 17.4 Å². The van der Waals surface area contributed by atoms with E-state index in [1.807, 2.05) is 30.1 Å². The summed E-state index contributed by atoms with van der Waals surface area (Å²) in [7, 11) is 1.92. The monoisotopic (exact) mass is 274 g/mol. The Bertz CT molecular complexity index is 399. The van der Waals surface area contributed by atoms with Gasteiger partial charge in [-0.2, -0.15) is 0 Å². The van der Waals surface area contributed by atoms with Crippen molar-refractivity contribution >= 4 is 5.91 Å². The molecule has 1 saturated heterocycles. The van der Waals surface area contributed by atoms with Crippen molar-refractivity contribution in [3.05, 3.63) is 35.9 Å². The zero-order valence-corrected chi connectivity index (χ0v) is 12.5. The van der Waals surface area contributed by atoms with Crippen molar-refractivity contribution in [2.75, 3.05) is 26.7 Å². The average Bonchev–Trinajstić information content (AvgIpc) is 2.52. The highest BCUT2D eigenvalue weighted by Gasteiger charge is 2.16. The highest BCUT2D eigenvalue weighted by molar-refractivity contribution is 5.75. The zero-order chi connectivity index (χ0) is 14.2. The Labute approximate surface area is 122 Å². The van der Waals surface area contributed by atoms with Gasteiger partial charge in [-0.15, -0.1) is 0 Å². The van der Waals surface area contributed by atoms with Crippen LogP contribution < -0.4 is 5.32 Å². The predicted octanol–water partition coefficient (Wildman–Crippen LogP) is 2.47. The average molecular weight is 274 g/mol. The van der Waals surface area contributed by atoms with Gasteiger partial charge in [0.25, 0.3) is 0 Å². The van der Waals surface area contributed by atoms with E-state index >= 15 is 0 Å². The highest BCUT2D eigenvalue weighted by atomic mass is 16.2. The van der Waals surface area contributed by atoms with Crippen LogP contribution in [-0.2, 0) is 11.2 Å². The van der Waals surface area contributed by atoms with E-state index in [4.69, 9.17) is 0 Å². The lowest BCUT2D eigenvalue weighted by Gasteiger charge is -2.23. The van der Waals surface area contributed by atoms with E-state index < -0.39 is 0 Å². The fourth-order valence-electron chi connectivity index (χ4n) is 2.76. The van der Waals surface area contributed by atoms with Gasteiger partial charge in [0, 0.05) is 20.0 Å². The number of carbonyl (C=O) groups excluding carboxylic acids is 1. The molecule has 0 saturated carbocycles. The maximum absolute atomic E-state index is 12.1. The van der Waals surface area contributed by atoms with Crippen LogP contribution in [-0.4, -0.2) is 37.5 Å². The van der Waals surface area contributed by atoms with Gasteiger partial charge in [0.1, 0.15) is 0 Å². The Balaban J connectivity index is 1.66. The maximum Gasteiger partial charge on any atom is 0.222 e. The van der Waals surface area contributed by atoms with Crippen molar-refractivity contribution < 1.29 is 4.79 Å². The van der Waals surface area contributed by atoms with Crippen LogP contribution in [0.4, 0.5) is 0 Å². The molecule has 1 N–H and O–H groups in total. The first-order valence-corrected chi connectivity index (χ1v) is 7.74. The third kappa shape index (κ3) is 4.97. The molecule has 3 heteroatoms. The number of hydrogen-bond donors (Lipinski definition) is 1. The van der Waals surface area contributed by atoms with Gasteiger partial charge in [-0.3, -0.25) is 4.79 Å². The Morgan fingerprint density at radius 1 is 1.25 bits per heavy atom. The van der Waals surface area contributed by atoms with E-state index in [9.17, 15) is 4.79 Å². The largest absolute Gasteiger partial charge is 0.345 e. The molecule has 1 heterocycles. The van der Waals surface area contributed by atoms with Crippen LogP contribution in [0.5, 0.6) is 0 Å². The minimum Gasteiger partial charge on any atom is -0.345 e. The summed E-state index contributed by atoms with van der Waals surface area (Å²) in [6.45, 7) is 3.04. The number of nitrogens with one attached hydrogen (secondary N) is 1. The second-order valence-corrected chi connectivity index (χ2v) is 5.78. The molecule has 1 aromatic rings. The minimum atomic E-state index is 0.291. The molecule has 0 unspecified atom stereocenters. The predicted molar refractivity (Wildman–Crippen MR) is 82.6 cm³/mol. The number of nitrogens with zero attached hydrogens (tertiary/aromatic N) is 1. The summed E-state index contributed by atoms with van der Waals surface area (Å²) in [5.74, 6) is 1.03. The maximum atomic E-state index is 12.1. The summed E-state index contributed by atoms with van der Waals surface area (Å²) >= 11 is 0. The van der Waals surface area contributed by atoms with Gasteiger partial charge in [0.15, 0.2) is 0 Å². The number of rotatable bonds is 6. The molecule has 2 rings (SSSR count). The summed E-state index contributed by atoms with van der Waals surface area (Å²) in [4.78, 5) is 14.0. The van der Waals surface area contributed by atoms with Crippen molar-refractivity contribution in [1.82, 2.24) is 10.2 Å². The van der Waals surface area contributed by atoms with E-state index in [0.29, 0.717) is 12.3 Å². The van der Waals surface area contributed by atoms with Crippen molar-refractivity contribution in [1.29, 1.82) is 0 Å². The van der Waals surface area contributed by atoms with Gasteiger partial charge >= 0.3 is 0 Å². The van der Waals surface area contributed by atoms with Crippen LogP contribution in [0.1, 0.15) is 31.2 Å². The van der Waals surface area contributed by atoms with Gasteiger partial charge < -0.3 is 10.2 Å². The van der Waals surface area contributed by atoms with Gasteiger partial charge in [-0.05, 0) is 50.3 Å². The standard InChI is InChI=1S/C17H26N2O/c1-19(14-11-15-5-3-2-4-6-15)17(20)8-7-16-9-12-18-13-10-16/h2-6,16,18H,7-14H2,1H3. The van der Waals surface area contributed by atoms with Crippen LogP contribution in [0.3, 0.4) is 0 Å². The van der Waals surface area contributed by atoms with Gasteiger partial charge in [0.05, 0.1) is 0 Å². The number of piperidine rings is 1. The molecule has 3 nitrogen and oxygen atoms in total. The number of hydrogen-bond acceptors (Lipinski definition) is 2. The quantitative estimate of drug-likeness (QED) is 0.864. The van der Waals surface area contributed by atoms with E-state index in [1.165, 1.54) is 18.4 Å². The summed E-state index contributed by atoms with van der Waals surface area (Å²) in [5.41, 5.74) is 1.30. The molecular formula is C17H26N2O. The molecule has 0 bridgehead atoms. The van der Waals surface area contributed by atoms with Gasteiger partial charge in [-0.1, -0.05) is 30.3 Å². The molecule has 1 aliphatic rings. The van der Waals surface area contributed by atoms with Gasteiger partial charge in [0.2, 0.25) is 5.91 Å². The van der Waals surface area contributed by atoms with Crippen LogP contribution in [0.15, 0.2) is 30.3 Å². The molecule has 1 fully saturated rings. The molecule has 0 spiro atoms. The summed E-state index contributed by atoms with van der Waals surface area (Å²) in [6, 6.07) is 10.4. The minimum absolute atomic E-state index is 0.291. The smallest absolute Gasteiger partial charge is 0.222 e. The second kappa shape index (κ2) is 8.05. The van der Waals surface area contributed by atoms with Crippen LogP contribution in [0, 0.1) is 5.92 Å². The lowest BCUT2D eigenvalue weighted by molar-refractivity contribution is -0.130. The normalized spacial score (nSPS) is 16.1. The fraction of sp³-hybridized carbons (Fsp3) is 0.588. The van der Waals surface area contributed by atoms with Crippen molar-refractivity contribution in [3.63, 3.8) is 0 Å². The van der Waals surface area contributed by atoms with Crippen LogP contribution in [0.2, 0.25) is 0 Å². The molecule has 0 aromatic heterocycles.